The largest absolute Gasteiger partial charge is 0.348 e. The molecule has 0 unspecified atom stereocenters. The van der Waals surface area contributed by atoms with Crippen molar-refractivity contribution >= 4 is 5.91 Å². The zero-order chi connectivity index (χ0) is 15.8. The fourth-order valence-corrected chi connectivity index (χ4v) is 2.97. The standard InChI is InChI=1S/C18H16N4O/c1-22-11-20-21-17(22)9-12-4-2-3-5-15(12)13-6-7-14-10-19-18(23)16(14)8-13/h2-8,11H,9-10H2,1H3,(H,19,23). The molecule has 114 valence electrons. The maximum Gasteiger partial charge on any atom is 0.251 e. The Labute approximate surface area is 134 Å². The summed E-state index contributed by atoms with van der Waals surface area (Å²) in [6.07, 6.45) is 2.41. The van der Waals surface area contributed by atoms with Gasteiger partial charge in [0.2, 0.25) is 0 Å². The van der Waals surface area contributed by atoms with Crippen LogP contribution in [0.1, 0.15) is 27.3 Å². The monoisotopic (exact) mass is 304 g/mol. The number of hydrogen-bond donors (Lipinski definition) is 1. The molecule has 2 heterocycles. The van der Waals surface area contributed by atoms with E-state index in [1.165, 1.54) is 5.56 Å². The minimum absolute atomic E-state index is 0.00707. The van der Waals surface area contributed by atoms with E-state index in [4.69, 9.17) is 0 Å². The number of nitrogens with zero attached hydrogens (tertiary/aromatic N) is 3. The first kappa shape index (κ1) is 13.7. The van der Waals surface area contributed by atoms with Gasteiger partial charge in [0.05, 0.1) is 0 Å². The van der Waals surface area contributed by atoms with Crippen molar-refractivity contribution in [2.75, 3.05) is 0 Å². The number of carbonyl (C=O) groups is 1. The molecule has 0 saturated heterocycles. The second-order valence-corrected chi connectivity index (χ2v) is 5.75. The molecule has 1 aliphatic heterocycles. The van der Waals surface area contributed by atoms with E-state index in [0.717, 1.165) is 28.1 Å². The molecule has 0 atom stereocenters. The first-order chi connectivity index (χ1) is 11.2. The van der Waals surface area contributed by atoms with Crippen molar-refractivity contribution < 1.29 is 4.79 Å². The van der Waals surface area contributed by atoms with Gasteiger partial charge in [0.15, 0.2) is 0 Å². The van der Waals surface area contributed by atoms with Crippen molar-refractivity contribution in [3.63, 3.8) is 0 Å². The quantitative estimate of drug-likeness (QED) is 0.808. The second kappa shape index (κ2) is 5.35. The maximum atomic E-state index is 11.9. The Morgan fingerprint density at radius 1 is 1.17 bits per heavy atom. The van der Waals surface area contributed by atoms with Crippen LogP contribution in [0, 0.1) is 0 Å². The van der Waals surface area contributed by atoms with Crippen LogP contribution < -0.4 is 5.32 Å². The Bertz CT molecular complexity index is 898. The van der Waals surface area contributed by atoms with Gasteiger partial charge in [-0.15, -0.1) is 10.2 Å². The van der Waals surface area contributed by atoms with Crippen LogP contribution in [0.25, 0.3) is 11.1 Å². The van der Waals surface area contributed by atoms with Crippen LogP contribution in [0.5, 0.6) is 0 Å². The van der Waals surface area contributed by atoms with E-state index < -0.39 is 0 Å². The predicted octanol–water partition coefficient (Wildman–Crippen LogP) is 2.32. The highest BCUT2D eigenvalue weighted by molar-refractivity contribution is 5.99. The summed E-state index contributed by atoms with van der Waals surface area (Å²) >= 11 is 0. The number of hydrogen-bond acceptors (Lipinski definition) is 3. The third-order valence-electron chi connectivity index (χ3n) is 4.28. The van der Waals surface area contributed by atoms with Gasteiger partial charge in [-0.3, -0.25) is 4.79 Å². The molecule has 0 spiro atoms. The van der Waals surface area contributed by atoms with Gasteiger partial charge in [0, 0.05) is 25.6 Å². The Morgan fingerprint density at radius 3 is 2.87 bits per heavy atom. The Kier molecular flexibility index (Phi) is 3.19. The van der Waals surface area contributed by atoms with E-state index in [2.05, 4.69) is 33.7 Å². The van der Waals surface area contributed by atoms with Gasteiger partial charge >= 0.3 is 0 Å². The van der Waals surface area contributed by atoms with Crippen LogP contribution in [0.2, 0.25) is 0 Å². The number of amides is 1. The lowest BCUT2D eigenvalue weighted by molar-refractivity contribution is 0.0966. The molecule has 5 heteroatoms. The molecule has 4 rings (SSSR count). The molecule has 5 nitrogen and oxygen atoms in total. The Balaban J connectivity index is 1.77. The number of aryl methyl sites for hydroxylation is 1. The van der Waals surface area contributed by atoms with Crippen LogP contribution in [0.15, 0.2) is 48.8 Å². The predicted molar refractivity (Wildman–Crippen MR) is 86.9 cm³/mol. The molecule has 0 saturated carbocycles. The van der Waals surface area contributed by atoms with Gasteiger partial charge in [-0.05, 0) is 28.3 Å². The van der Waals surface area contributed by atoms with Crippen LogP contribution >= 0.6 is 0 Å². The minimum Gasteiger partial charge on any atom is -0.348 e. The van der Waals surface area contributed by atoms with E-state index in [9.17, 15) is 4.79 Å². The van der Waals surface area contributed by atoms with Gasteiger partial charge in [-0.1, -0.05) is 36.4 Å². The smallest absolute Gasteiger partial charge is 0.251 e. The summed E-state index contributed by atoms with van der Waals surface area (Å²) in [5.74, 6) is 0.920. The summed E-state index contributed by atoms with van der Waals surface area (Å²) in [6, 6.07) is 14.3. The highest BCUT2D eigenvalue weighted by atomic mass is 16.1. The fourth-order valence-electron chi connectivity index (χ4n) is 2.97. The SMILES string of the molecule is Cn1cnnc1Cc1ccccc1-c1ccc2c(c1)C(=O)NC2. The number of carbonyl (C=O) groups excluding carboxylic acids is 1. The van der Waals surface area contributed by atoms with Gasteiger partial charge in [0.1, 0.15) is 12.2 Å². The van der Waals surface area contributed by atoms with E-state index in [-0.39, 0.29) is 5.91 Å². The number of rotatable bonds is 3. The van der Waals surface area contributed by atoms with Crippen LogP contribution in [-0.4, -0.2) is 20.7 Å². The summed E-state index contributed by atoms with van der Waals surface area (Å²) in [4.78, 5) is 11.9. The van der Waals surface area contributed by atoms with Crippen molar-refractivity contribution in [3.05, 3.63) is 71.3 Å². The van der Waals surface area contributed by atoms with Crippen molar-refractivity contribution in [1.29, 1.82) is 0 Å². The normalized spacial score (nSPS) is 13.0. The lowest BCUT2D eigenvalue weighted by Gasteiger charge is -2.10. The average Bonchev–Trinajstić information content (AvgIpc) is 3.14. The summed E-state index contributed by atoms with van der Waals surface area (Å²) in [5, 5.41) is 11.0. The molecule has 1 aromatic heterocycles. The molecule has 23 heavy (non-hydrogen) atoms. The summed E-state index contributed by atoms with van der Waals surface area (Å²) in [6.45, 7) is 0.620. The van der Waals surface area contributed by atoms with E-state index in [0.29, 0.717) is 13.0 Å². The molecular weight excluding hydrogens is 288 g/mol. The third-order valence-corrected chi connectivity index (χ3v) is 4.28. The molecule has 1 N–H and O–H groups in total. The lowest BCUT2D eigenvalue weighted by Crippen LogP contribution is -2.12. The third kappa shape index (κ3) is 2.40. The molecule has 0 aliphatic carbocycles. The topological polar surface area (TPSA) is 59.8 Å². The fraction of sp³-hybridized carbons (Fsp3) is 0.167. The zero-order valence-corrected chi connectivity index (χ0v) is 12.8. The van der Waals surface area contributed by atoms with Gasteiger partial charge < -0.3 is 9.88 Å². The molecule has 0 fully saturated rings. The molecular formula is C18H16N4O. The van der Waals surface area contributed by atoms with E-state index in [1.807, 2.05) is 35.9 Å². The van der Waals surface area contributed by atoms with Crippen molar-refractivity contribution in [2.45, 2.75) is 13.0 Å². The first-order valence-electron chi connectivity index (χ1n) is 7.54. The van der Waals surface area contributed by atoms with Crippen molar-refractivity contribution in [2.24, 2.45) is 7.05 Å². The Morgan fingerprint density at radius 2 is 2.04 bits per heavy atom. The molecule has 1 amide bonds. The number of fused-ring (bicyclic) bond motifs is 1. The average molecular weight is 304 g/mol. The van der Waals surface area contributed by atoms with Gasteiger partial charge in [0.25, 0.3) is 5.91 Å². The molecule has 0 bridgehead atoms. The van der Waals surface area contributed by atoms with Crippen molar-refractivity contribution in [1.82, 2.24) is 20.1 Å². The molecule has 1 aliphatic rings. The van der Waals surface area contributed by atoms with Crippen molar-refractivity contribution in [3.8, 4) is 11.1 Å². The number of nitrogens with one attached hydrogen (secondary N) is 1. The molecule has 0 radical (unpaired) electrons. The summed E-state index contributed by atoms with van der Waals surface area (Å²) in [5.41, 5.74) is 5.18. The maximum absolute atomic E-state index is 11.9. The summed E-state index contributed by atoms with van der Waals surface area (Å²) in [7, 11) is 1.94. The van der Waals surface area contributed by atoms with Crippen LogP contribution in [0.4, 0.5) is 0 Å². The molecule has 3 aromatic rings. The Hall–Kier alpha value is -2.95. The number of aromatic nitrogens is 3. The minimum atomic E-state index is 0.00707. The van der Waals surface area contributed by atoms with Gasteiger partial charge in [-0.25, -0.2) is 0 Å². The van der Waals surface area contributed by atoms with Crippen LogP contribution in [0.3, 0.4) is 0 Å². The summed E-state index contributed by atoms with van der Waals surface area (Å²) < 4.78 is 1.92. The first-order valence-corrected chi connectivity index (χ1v) is 7.54. The lowest BCUT2D eigenvalue weighted by atomic mass is 9.95. The van der Waals surface area contributed by atoms with E-state index >= 15 is 0 Å². The molecule has 2 aromatic carbocycles. The van der Waals surface area contributed by atoms with Gasteiger partial charge in [-0.2, -0.15) is 0 Å². The van der Waals surface area contributed by atoms with Crippen LogP contribution in [-0.2, 0) is 20.0 Å². The van der Waals surface area contributed by atoms with E-state index in [1.54, 1.807) is 6.33 Å². The zero-order valence-electron chi connectivity index (χ0n) is 12.8. The second-order valence-electron chi connectivity index (χ2n) is 5.75. The highest BCUT2D eigenvalue weighted by Crippen LogP contribution is 2.28. The number of benzene rings is 2. The highest BCUT2D eigenvalue weighted by Gasteiger charge is 2.19.